The number of anilines is 1. The molecule has 2 aromatic rings. The molecule has 0 spiro atoms. The lowest BCUT2D eigenvalue weighted by Gasteiger charge is -2.36. The van der Waals surface area contributed by atoms with Gasteiger partial charge in [0.2, 0.25) is 11.9 Å². The molecule has 0 N–H and O–H groups in total. The maximum Gasteiger partial charge on any atom is 0.247 e. The number of rotatable bonds is 4. The molecule has 1 fully saturated rings. The molecule has 0 aromatic carbocycles. The standard InChI is InChI=1S/C15H20N6O/c1-2-13(21-8-4-7-18-21)14(22)19-9-11-20(12-10-19)15-16-5-3-6-17-15/h3-8,13H,2,9-12H2,1H3/t13-/m1/s1. The minimum atomic E-state index is -0.213. The number of nitrogens with zero attached hydrogens (tertiary/aromatic N) is 6. The van der Waals surface area contributed by atoms with Gasteiger partial charge in [0, 0.05) is 51.0 Å². The number of hydrogen-bond donors (Lipinski definition) is 0. The molecule has 0 saturated carbocycles. The van der Waals surface area contributed by atoms with Crippen LogP contribution in [-0.2, 0) is 4.79 Å². The number of carbonyl (C=O) groups is 1. The minimum absolute atomic E-state index is 0.139. The van der Waals surface area contributed by atoms with Crippen molar-refractivity contribution in [1.29, 1.82) is 0 Å². The summed E-state index contributed by atoms with van der Waals surface area (Å²) >= 11 is 0. The Morgan fingerprint density at radius 3 is 2.45 bits per heavy atom. The van der Waals surface area contributed by atoms with Crippen molar-refractivity contribution in [3.8, 4) is 0 Å². The second-order valence-corrected chi connectivity index (χ2v) is 5.27. The summed E-state index contributed by atoms with van der Waals surface area (Å²) in [5.74, 6) is 0.869. The summed E-state index contributed by atoms with van der Waals surface area (Å²) in [5.41, 5.74) is 0. The average molecular weight is 300 g/mol. The molecule has 1 atom stereocenters. The summed E-state index contributed by atoms with van der Waals surface area (Å²) in [6.45, 7) is 4.90. The minimum Gasteiger partial charge on any atom is -0.337 e. The lowest BCUT2D eigenvalue weighted by atomic mass is 10.2. The van der Waals surface area contributed by atoms with E-state index in [1.807, 2.05) is 24.1 Å². The van der Waals surface area contributed by atoms with Crippen LogP contribution >= 0.6 is 0 Å². The molecule has 7 heteroatoms. The molecule has 0 radical (unpaired) electrons. The van der Waals surface area contributed by atoms with Gasteiger partial charge in [0.25, 0.3) is 0 Å². The van der Waals surface area contributed by atoms with Crippen LogP contribution < -0.4 is 4.90 Å². The van der Waals surface area contributed by atoms with Gasteiger partial charge < -0.3 is 9.80 Å². The first-order valence-electron chi connectivity index (χ1n) is 7.59. The highest BCUT2D eigenvalue weighted by molar-refractivity contribution is 5.80. The van der Waals surface area contributed by atoms with E-state index in [2.05, 4.69) is 20.0 Å². The van der Waals surface area contributed by atoms with E-state index in [0.29, 0.717) is 13.1 Å². The number of piperazine rings is 1. The molecule has 7 nitrogen and oxygen atoms in total. The molecule has 1 saturated heterocycles. The summed E-state index contributed by atoms with van der Waals surface area (Å²) in [6.07, 6.45) is 7.78. The zero-order valence-electron chi connectivity index (χ0n) is 12.7. The molecule has 1 aliphatic rings. The average Bonchev–Trinajstić information content (AvgIpc) is 3.11. The van der Waals surface area contributed by atoms with Crippen molar-refractivity contribution in [3.63, 3.8) is 0 Å². The van der Waals surface area contributed by atoms with Crippen molar-refractivity contribution in [2.75, 3.05) is 31.1 Å². The van der Waals surface area contributed by atoms with E-state index in [1.165, 1.54) is 0 Å². The van der Waals surface area contributed by atoms with Crippen LogP contribution in [0.15, 0.2) is 36.9 Å². The molecule has 116 valence electrons. The topological polar surface area (TPSA) is 67.2 Å². The predicted molar refractivity (Wildman–Crippen MR) is 82.4 cm³/mol. The maximum atomic E-state index is 12.7. The van der Waals surface area contributed by atoms with Crippen LogP contribution in [0, 0.1) is 0 Å². The van der Waals surface area contributed by atoms with Crippen LogP contribution in [0.2, 0.25) is 0 Å². The van der Waals surface area contributed by atoms with Gasteiger partial charge in [0.1, 0.15) is 6.04 Å². The molecule has 3 rings (SSSR count). The zero-order valence-corrected chi connectivity index (χ0v) is 12.7. The summed E-state index contributed by atoms with van der Waals surface area (Å²) in [6, 6.07) is 3.44. The molecule has 2 aromatic heterocycles. The summed E-state index contributed by atoms with van der Waals surface area (Å²) in [4.78, 5) is 25.2. The Morgan fingerprint density at radius 2 is 1.86 bits per heavy atom. The quantitative estimate of drug-likeness (QED) is 0.842. The fraction of sp³-hybridized carbons (Fsp3) is 0.467. The summed E-state index contributed by atoms with van der Waals surface area (Å²) in [5, 5.41) is 4.20. The first kappa shape index (κ1) is 14.5. The number of aromatic nitrogens is 4. The van der Waals surface area contributed by atoms with Crippen LogP contribution in [0.25, 0.3) is 0 Å². The molecule has 0 bridgehead atoms. The van der Waals surface area contributed by atoms with Crippen LogP contribution in [-0.4, -0.2) is 56.7 Å². The Balaban J connectivity index is 1.62. The van der Waals surface area contributed by atoms with E-state index in [0.717, 1.165) is 25.5 Å². The monoisotopic (exact) mass is 300 g/mol. The van der Waals surface area contributed by atoms with Gasteiger partial charge in [-0.25, -0.2) is 9.97 Å². The first-order chi connectivity index (χ1) is 10.8. The lowest BCUT2D eigenvalue weighted by Crippen LogP contribution is -2.51. The molecule has 0 aliphatic carbocycles. The number of carbonyl (C=O) groups excluding carboxylic acids is 1. The van der Waals surface area contributed by atoms with Gasteiger partial charge in [0.15, 0.2) is 0 Å². The first-order valence-corrected chi connectivity index (χ1v) is 7.59. The van der Waals surface area contributed by atoms with Crippen LogP contribution in [0.1, 0.15) is 19.4 Å². The Bertz CT molecular complexity index is 592. The molecular formula is C15H20N6O. The third-order valence-corrected chi connectivity index (χ3v) is 3.94. The van der Waals surface area contributed by atoms with E-state index < -0.39 is 0 Å². The Morgan fingerprint density at radius 1 is 1.14 bits per heavy atom. The van der Waals surface area contributed by atoms with Gasteiger partial charge in [-0.15, -0.1) is 0 Å². The van der Waals surface area contributed by atoms with Crippen molar-refractivity contribution >= 4 is 11.9 Å². The van der Waals surface area contributed by atoms with E-state index in [4.69, 9.17) is 0 Å². The summed E-state index contributed by atoms with van der Waals surface area (Å²) in [7, 11) is 0. The third-order valence-electron chi connectivity index (χ3n) is 3.94. The van der Waals surface area contributed by atoms with Crippen molar-refractivity contribution in [2.45, 2.75) is 19.4 Å². The fourth-order valence-electron chi connectivity index (χ4n) is 2.73. The normalized spacial score (nSPS) is 16.6. The highest BCUT2D eigenvalue weighted by atomic mass is 16.2. The van der Waals surface area contributed by atoms with E-state index >= 15 is 0 Å². The highest BCUT2D eigenvalue weighted by Gasteiger charge is 2.28. The zero-order chi connectivity index (χ0) is 15.4. The van der Waals surface area contributed by atoms with Crippen LogP contribution in [0.3, 0.4) is 0 Å². The third kappa shape index (κ3) is 2.93. The van der Waals surface area contributed by atoms with Crippen LogP contribution in [0.4, 0.5) is 5.95 Å². The van der Waals surface area contributed by atoms with Crippen molar-refractivity contribution < 1.29 is 4.79 Å². The van der Waals surface area contributed by atoms with E-state index in [9.17, 15) is 4.79 Å². The highest BCUT2D eigenvalue weighted by Crippen LogP contribution is 2.17. The molecule has 3 heterocycles. The van der Waals surface area contributed by atoms with Gasteiger partial charge in [0.05, 0.1) is 0 Å². The smallest absolute Gasteiger partial charge is 0.247 e. The molecular weight excluding hydrogens is 280 g/mol. The lowest BCUT2D eigenvalue weighted by molar-refractivity contribution is -0.135. The van der Waals surface area contributed by atoms with Gasteiger partial charge in [-0.2, -0.15) is 5.10 Å². The largest absolute Gasteiger partial charge is 0.337 e. The predicted octanol–water partition coefficient (Wildman–Crippen LogP) is 0.973. The number of hydrogen-bond acceptors (Lipinski definition) is 5. The molecule has 22 heavy (non-hydrogen) atoms. The Hall–Kier alpha value is -2.44. The van der Waals surface area contributed by atoms with Gasteiger partial charge >= 0.3 is 0 Å². The van der Waals surface area contributed by atoms with E-state index in [-0.39, 0.29) is 11.9 Å². The van der Waals surface area contributed by atoms with Gasteiger partial charge in [-0.3, -0.25) is 9.48 Å². The SMILES string of the molecule is CC[C@H](C(=O)N1CCN(c2ncccn2)CC1)n1cccn1. The molecule has 1 aliphatic heterocycles. The molecule has 0 unspecified atom stereocenters. The number of amides is 1. The van der Waals surface area contributed by atoms with E-state index in [1.54, 1.807) is 29.3 Å². The molecule has 1 amide bonds. The fourth-order valence-corrected chi connectivity index (χ4v) is 2.73. The second-order valence-electron chi connectivity index (χ2n) is 5.27. The van der Waals surface area contributed by atoms with Crippen molar-refractivity contribution in [3.05, 3.63) is 36.9 Å². The Kier molecular flexibility index (Phi) is 4.32. The van der Waals surface area contributed by atoms with Crippen molar-refractivity contribution in [2.24, 2.45) is 0 Å². The maximum absolute atomic E-state index is 12.7. The van der Waals surface area contributed by atoms with Crippen molar-refractivity contribution in [1.82, 2.24) is 24.6 Å². The van der Waals surface area contributed by atoms with Gasteiger partial charge in [-0.05, 0) is 18.6 Å². The second kappa shape index (κ2) is 6.55. The Labute approximate surface area is 129 Å². The summed E-state index contributed by atoms with van der Waals surface area (Å²) < 4.78 is 1.75. The van der Waals surface area contributed by atoms with Crippen LogP contribution in [0.5, 0.6) is 0 Å². The van der Waals surface area contributed by atoms with Gasteiger partial charge in [-0.1, -0.05) is 6.92 Å².